The van der Waals surface area contributed by atoms with E-state index in [4.69, 9.17) is 10.6 Å². The van der Waals surface area contributed by atoms with Gasteiger partial charge in [-0.05, 0) is 31.5 Å². The molecule has 7 heteroatoms. The predicted octanol–water partition coefficient (Wildman–Crippen LogP) is 1.41. The lowest BCUT2D eigenvalue weighted by molar-refractivity contribution is 0.269. The normalized spacial score (nSPS) is 11.8. The highest BCUT2D eigenvalue weighted by Gasteiger charge is 2.23. The second kappa shape index (κ2) is 8.21. The molecule has 0 aliphatic heterocycles. The monoisotopic (exact) mass is 301 g/mol. The van der Waals surface area contributed by atoms with Crippen LogP contribution in [0.25, 0.3) is 0 Å². The highest BCUT2D eigenvalue weighted by atomic mass is 32.2. The van der Waals surface area contributed by atoms with Crippen molar-refractivity contribution in [1.29, 1.82) is 0 Å². The molecule has 114 valence electrons. The van der Waals surface area contributed by atoms with Gasteiger partial charge in [-0.3, -0.25) is 10.3 Å². The molecule has 6 nitrogen and oxygen atoms in total. The van der Waals surface area contributed by atoms with Gasteiger partial charge in [-0.15, -0.1) is 0 Å². The Balaban J connectivity index is 2.82. The van der Waals surface area contributed by atoms with Crippen molar-refractivity contribution >= 4 is 15.7 Å². The number of hydrogen-bond acceptors (Lipinski definition) is 5. The van der Waals surface area contributed by atoms with Crippen molar-refractivity contribution in [3.63, 3.8) is 0 Å². The molecule has 0 radical (unpaired) electrons. The van der Waals surface area contributed by atoms with E-state index >= 15 is 0 Å². The Morgan fingerprint density at radius 2 is 1.95 bits per heavy atom. The standard InChI is InChI=1S/C13H23N3O3S/c1-16(11-7-3-6-10-14)20(17,18)13-9-5-4-8-12(13)15-19-2/h4-5,8-9,15H,3,6-7,10-11,14H2,1-2H3. The van der Waals surface area contributed by atoms with Crippen molar-refractivity contribution in [3.05, 3.63) is 24.3 Å². The first kappa shape index (κ1) is 16.9. The number of nitrogens with two attached hydrogens (primary N) is 1. The molecule has 0 amide bonds. The molecular formula is C13H23N3O3S. The maximum Gasteiger partial charge on any atom is 0.244 e. The van der Waals surface area contributed by atoms with Gasteiger partial charge >= 0.3 is 0 Å². The van der Waals surface area contributed by atoms with Gasteiger partial charge in [0.1, 0.15) is 4.90 Å². The fraction of sp³-hybridized carbons (Fsp3) is 0.538. The quantitative estimate of drug-likeness (QED) is 0.532. The second-order valence-electron chi connectivity index (χ2n) is 4.48. The molecule has 1 aromatic carbocycles. The summed E-state index contributed by atoms with van der Waals surface area (Å²) in [4.78, 5) is 5.02. The summed E-state index contributed by atoms with van der Waals surface area (Å²) in [5.74, 6) is 0. The van der Waals surface area contributed by atoms with E-state index in [9.17, 15) is 8.42 Å². The van der Waals surface area contributed by atoms with E-state index < -0.39 is 10.0 Å². The number of benzene rings is 1. The van der Waals surface area contributed by atoms with Gasteiger partial charge in [-0.2, -0.15) is 0 Å². The minimum absolute atomic E-state index is 0.211. The zero-order valence-corrected chi connectivity index (χ0v) is 12.8. The SMILES string of the molecule is CONc1ccccc1S(=O)(=O)N(C)CCCCCN. The van der Waals surface area contributed by atoms with E-state index in [2.05, 4.69) is 5.48 Å². The fourth-order valence-corrected chi connectivity index (χ4v) is 3.17. The van der Waals surface area contributed by atoms with Crippen LogP contribution in [0.15, 0.2) is 29.2 Å². The molecule has 20 heavy (non-hydrogen) atoms. The van der Waals surface area contributed by atoms with Crippen LogP contribution in [-0.4, -0.2) is 40.0 Å². The molecule has 0 aliphatic carbocycles. The largest absolute Gasteiger partial charge is 0.330 e. The lowest BCUT2D eigenvalue weighted by atomic mass is 10.2. The molecule has 0 bridgehead atoms. The minimum atomic E-state index is -3.52. The molecule has 0 aromatic heterocycles. The van der Waals surface area contributed by atoms with Crippen LogP contribution in [-0.2, 0) is 14.9 Å². The molecule has 0 spiro atoms. The summed E-state index contributed by atoms with van der Waals surface area (Å²) >= 11 is 0. The van der Waals surface area contributed by atoms with Gasteiger partial charge in [0.15, 0.2) is 0 Å². The molecule has 1 aromatic rings. The van der Waals surface area contributed by atoms with Crippen LogP contribution >= 0.6 is 0 Å². The van der Waals surface area contributed by atoms with E-state index in [1.807, 2.05) is 0 Å². The molecule has 3 N–H and O–H groups in total. The molecule has 0 fully saturated rings. The first-order valence-corrected chi connectivity index (χ1v) is 8.02. The molecule has 0 atom stereocenters. The molecule has 0 saturated carbocycles. The molecular weight excluding hydrogens is 278 g/mol. The van der Waals surface area contributed by atoms with E-state index in [1.165, 1.54) is 11.4 Å². The van der Waals surface area contributed by atoms with E-state index in [-0.39, 0.29) is 4.90 Å². The van der Waals surface area contributed by atoms with Crippen molar-refractivity contribution in [2.75, 3.05) is 32.7 Å². The van der Waals surface area contributed by atoms with Gasteiger partial charge in [-0.25, -0.2) is 12.7 Å². The highest BCUT2D eigenvalue weighted by Crippen LogP contribution is 2.23. The van der Waals surface area contributed by atoms with Gasteiger partial charge in [-0.1, -0.05) is 18.6 Å². The number of sulfonamides is 1. The highest BCUT2D eigenvalue weighted by molar-refractivity contribution is 7.89. The molecule has 0 aliphatic rings. The third kappa shape index (κ3) is 4.45. The van der Waals surface area contributed by atoms with E-state index in [0.717, 1.165) is 19.3 Å². The summed E-state index contributed by atoms with van der Waals surface area (Å²) in [6, 6.07) is 6.67. The average molecular weight is 301 g/mol. The first-order valence-electron chi connectivity index (χ1n) is 6.58. The molecule has 0 saturated heterocycles. The van der Waals surface area contributed by atoms with Crippen LogP contribution in [0.2, 0.25) is 0 Å². The first-order chi connectivity index (χ1) is 9.54. The average Bonchev–Trinajstić information content (AvgIpc) is 2.44. The maximum atomic E-state index is 12.5. The number of rotatable bonds is 9. The van der Waals surface area contributed by atoms with Crippen molar-refractivity contribution in [2.45, 2.75) is 24.2 Å². The van der Waals surface area contributed by atoms with Crippen LogP contribution in [0, 0.1) is 0 Å². The molecule has 0 heterocycles. The third-order valence-electron chi connectivity index (χ3n) is 2.96. The number of para-hydroxylation sites is 1. The van der Waals surface area contributed by atoms with E-state index in [1.54, 1.807) is 31.3 Å². The lowest BCUT2D eigenvalue weighted by Crippen LogP contribution is -2.28. The Morgan fingerprint density at radius 1 is 1.25 bits per heavy atom. The number of unbranched alkanes of at least 4 members (excludes halogenated alkanes) is 2. The second-order valence-corrected chi connectivity index (χ2v) is 6.49. The predicted molar refractivity (Wildman–Crippen MR) is 79.8 cm³/mol. The lowest BCUT2D eigenvalue weighted by Gasteiger charge is -2.19. The molecule has 0 unspecified atom stereocenters. The topological polar surface area (TPSA) is 84.7 Å². The van der Waals surface area contributed by atoms with Crippen LogP contribution < -0.4 is 11.2 Å². The van der Waals surface area contributed by atoms with Gasteiger partial charge in [0.25, 0.3) is 0 Å². The summed E-state index contributed by atoms with van der Waals surface area (Å²) in [5.41, 5.74) is 8.45. The molecule has 1 rings (SSSR count). The van der Waals surface area contributed by atoms with Gasteiger partial charge in [0.2, 0.25) is 10.0 Å². The van der Waals surface area contributed by atoms with Crippen LogP contribution in [0.5, 0.6) is 0 Å². The van der Waals surface area contributed by atoms with Crippen molar-refractivity contribution in [2.24, 2.45) is 5.73 Å². The zero-order chi connectivity index (χ0) is 15.0. The Labute approximate surface area is 120 Å². The smallest absolute Gasteiger partial charge is 0.244 e. The Bertz CT molecular complexity index is 505. The summed E-state index contributed by atoms with van der Waals surface area (Å²) in [6.07, 6.45) is 2.64. The van der Waals surface area contributed by atoms with Gasteiger partial charge < -0.3 is 5.73 Å². The number of nitrogens with one attached hydrogen (secondary N) is 1. The summed E-state index contributed by atoms with van der Waals surface area (Å²) < 4.78 is 26.4. The Kier molecular flexibility index (Phi) is 6.94. The van der Waals surface area contributed by atoms with Crippen molar-refractivity contribution in [3.8, 4) is 0 Å². The van der Waals surface area contributed by atoms with Crippen LogP contribution in [0.3, 0.4) is 0 Å². The van der Waals surface area contributed by atoms with Crippen molar-refractivity contribution in [1.82, 2.24) is 4.31 Å². The number of anilines is 1. The summed E-state index contributed by atoms with van der Waals surface area (Å²) in [7, 11) is -0.490. The van der Waals surface area contributed by atoms with Gasteiger partial charge in [0.05, 0.1) is 12.8 Å². The Morgan fingerprint density at radius 3 is 2.60 bits per heavy atom. The number of nitrogens with zero attached hydrogens (tertiary/aromatic N) is 1. The van der Waals surface area contributed by atoms with Gasteiger partial charge in [0, 0.05) is 13.6 Å². The van der Waals surface area contributed by atoms with Crippen molar-refractivity contribution < 1.29 is 13.3 Å². The summed E-state index contributed by atoms with van der Waals surface area (Å²) in [5, 5.41) is 0. The van der Waals surface area contributed by atoms with E-state index in [0.29, 0.717) is 18.8 Å². The minimum Gasteiger partial charge on any atom is -0.330 e. The zero-order valence-electron chi connectivity index (χ0n) is 12.0. The van der Waals surface area contributed by atoms with Crippen LogP contribution in [0.4, 0.5) is 5.69 Å². The number of hydrogen-bond donors (Lipinski definition) is 2. The summed E-state index contributed by atoms with van der Waals surface area (Å²) in [6.45, 7) is 1.11. The maximum absolute atomic E-state index is 12.5. The Hall–Kier alpha value is -1.15. The fourth-order valence-electron chi connectivity index (χ4n) is 1.83. The third-order valence-corrected chi connectivity index (χ3v) is 4.88. The van der Waals surface area contributed by atoms with Crippen LogP contribution in [0.1, 0.15) is 19.3 Å².